The smallest absolute Gasteiger partial charge is 0.234 e. The van der Waals surface area contributed by atoms with Crippen LogP contribution >= 0.6 is 0 Å². The number of nitrogens with zero attached hydrogens (tertiary/aromatic N) is 5. The van der Waals surface area contributed by atoms with E-state index >= 15 is 0 Å². The fraction of sp³-hybridized carbons (Fsp3) is 0.706. The van der Waals surface area contributed by atoms with Gasteiger partial charge in [0.05, 0.1) is 19.0 Å². The molecule has 1 fully saturated rings. The number of anilines is 2. The lowest BCUT2D eigenvalue weighted by molar-refractivity contribution is 0.248. The van der Waals surface area contributed by atoms with E-state index in [1.807, 2.05) is 18.4 Å². The van der Waals surface area contributed by atoms with Crippen molar-refractivity contribution in [1.82, 2.24) is 23.8 Å². The number of fused-ring (bicyclic) bond motifs is 1. The molecule has 3 unspecified atom stereocenters. The summed E-state index contributed by atoms with van der Waals surface area (Å²) >= 11 is -1.97. The monoisotopic (exact) mass is 411 g/mol. The summed E-state index contributed by atoms with van der Waals surface area (Å²) in [6.07, 6.45) is 2.48. The van der Waals surface area contributed by atoms with E-state index in [1.54, 1.807) is 6.33 Å². The van der Waals surface area contributed by atoms with Crippen molar-refractivity contribution in [1.29, 1.82) is 0 Å². The third-order valence-electron chi connectivity index (χ3n) is 5.01. The maximum absolute atomic E-state index is 11.3. The summed E-state index contributed by atoms with van der Waals surface area (Å²) in [5, 5.41) is 16.2. The molecule has 1 saturated heterocycles. The molecule has 3 heterocycles. The third kappa shape index (κ3) is 4.43. The Bertz CT molecular complexity index is 842. The summed E-state index contributed by atoms with van der Waals surface area (Å²) in [6.45, 7) is 9.12. The van der Waals surface area contributed by atoms with Crippen LogP contribution < -0.4 is 10.6 Å². The molecule has 10 nitrogen and oxygen atoms in total. The molecule has 0 bridgehead atoms. The molecule has 4 N–H and O–H groups in total. The van der Waals surface area contributed by atoms with E-state index in [4.69, 9.17) is 0 Å². The standard InChI is InChI=1S/C17H29N7O3S/c1-10(2)13(8-25)20-17-21-15(19-12-5-6-23(7-12)28(26)27)14-16(22-17)24(9-18-14)11(3)4/h9-13,25H,5-8H2,1-4H3,(H,26,27)(H2,19,20,21,22). The second-order valence-corrected chi connectivity index (χ2v) is 8.72. The van der Waals surface area contributed by atoms with Gasteiger partial charge in [0.25, 0.3) is 0 Å². The third-order valence-corrected chi connectivity index (χ3v) is 5.78. The van der Waals surface area contributed by atoms with Gasteiger partial charge in [-0.15, -0.1) is 0 Å². The van der Waals surface area contributed by atoms with Gasteiger partial charge in [0.15, 0.2) is 17.0 Å². The Kier molecular flexibility index (Phi) is 6.48. The number of nitrogens with one attached hydrogen (secondary N) is 2. The zero-order chi connectivity index (χ0) is 20.4. The molecule has 3 atom stereocenters. The van der Waals surface area contributed by atoms with Crippen molar-refractivity contribution in [2.24, 2.45) is 5.92 Å². The fourth-order valence-corrected chi connectivity index (χ4v) is 3.80. The Balaban J connectivity index is 1.94. The number of rotatable bonds is 8. The van der Waals surface area contributed by atoms with Crippen LogP contribution in [0.15, 0.2) is 6.33 Å². The SMILES string of the molecule is CC(C)C(CO)Nc1nc(NC2CCN(S(=O)O)C2)c2ncn(C(C)C)c2n1. The van der Waals surface area contributed by atoms with Crippen LogP contribution in [0, 0.1) is 5.92 Å². The quantitative estimate of drug-likeness (QED) is 0.481. The Labute approximate surface area is 167 Å². The molecule has 28 heavy (non-hydrogen) atoms. The topological polar surface area (TPSA) is 128 Å². The molecule has 0 amide bonds. The molecular formula is C17H29N7O3S. The first-order chi connectivity index (χ1) is 13.3. The molecule has 0 spiro atoms. The highest BCUT2D eigenvalue weighted by molar-refractivity contribution is 7.76. The lowest BCUT2D eigenvalue weighted by Crippen LogP contribution is -2.31. The van der Waals surface area contributed by atoms with Gasteiger partial charge in [0.1, 0.15) is 0 Å². The lowest BCUT2D eigenvalue weighted by Gasteiger charge is -2.21. The Morgan fingerprint density at radius 1 is 1.32 bits per heavy atom. The second kappa shape index (κ2) is 8.68. The van der Waals surface area contributed by atoms with Gasteiger partial charge in [-0.3, -0.25) is 4.55 Å². The average Bonchev–Trinajstić information content (AvgIpc) is 3.26. The van der Waals surface area contributed by atoms with Crippen LogP contribution in [0.4, 0.5) is 11.8 Å². The first-order valence-corrected chi connectivity index (χ1v) is 10.6. The minimum Gasteiger partial charge on any atom is -0.394 e. The van der Waals surface area contributed by atoms with E-state index in [0.29, 0.717) is 36.0 Å². The molecule has 2 aromatic rings. The number of aliphatic hydroxyl groups excluding tert-OH is 1. The summed E-state index contributed by atoms with van der Waals surface area (Å²) in [6, 6.07) is 0.00242. The Morgan fingerprint density at radius 3 is 2.64 bits per heavy atom. The zero-order valence-corrected chi connectivity index (χ0v) is 17.5. The summed E-state index contributed by atoms with van der Waals surface area (Å²) in [5.41, 5.74) is 1.36. The number of imidazole rings is 1. The maximum atomic E-state index is 11.3. The van der Waals surface area contributed by atoms with Crippen LogP contribution in [-0.2, 0) is 11.3 Å². The normalized spacial score (nSPS) is 20.2. The number of aliphatic hydroxyl groups is 1. The Morgan fingerprint density at radius 2 is 2.07 bits per heavy atom. The van der Waals surface area contributed by atoms with Crippen LogP contribution in [0.25, 0.3) is 11.2 Å². The molecule has 2 aromatic heterocycles. The molecule has 1 aliphatic rings. The molecule has 0 saturated carbocycles. The highest BCUT2D eigenvalue weighted by Crippen LogP contribution is 2.26. The first-order valence-electron chi connectivity index (χ1n) is 9.54. The molecular weight excluding hydrogens is 382 g/mol. The van der Waals surface area contributed by atoms with E-state index in [1.165, 1.54) is 4.31 Å². The lowest BCUT2D eigenvalue weighted by atomic mass is 10.1. The van der Waals surface area contributed by atoms with Crippen molar-refractivity contribution in [2.45, 2.75) is 52.2 Å². The maximum Gasteiger partial charge on any atom is 0.234 e. The van der Waals surface area contributed by atoms with Gasteiger partial charge in [-0.2, -0.15) is 14.3 Å². The summed E-state index contributed by atoms with van der Waals surface area (Å²) in [7, 11) is 0. The summed E-state index contributed by atoms with van der Waals surface area (Å²) in [5.74, 6) is 1.22. The number of hydrogen-bond acceptors (Lipinski definition) is 7. The zero-order valence-electron chi connectivity index (χ0n) is 16.7. The summed E-state index contributed by atoms with van der Waals surface area (Å²) in [4.78, 5) is 13.7. The van der Waals surface area contributed by atoms with Gasteiger partial charge in [0, 0.05) is 25.2 Å². The van der Waals surface area contributed by atoms with E-state index < -0.39 is 11.3 Å². The fourth-order valence-electron chi connectivity index (χ4n) is 3.23. The highest BCUT2D eigenvalue weighted by Gasteiger charge is 2.27. The van der Waals surface area contributed by atoms with Crippen LogP contribution in [-0.4, -0.2) is 69.5 Å². The van der Waals surface area contributed by atoms with Gasteiger partial charge >= 0.3 is 0 Å². The minimum absolute atomic E-state index is 0.00927. The molecule has 1 aliphatic heterocycles. The molecule has 11 heteroatoms. The highest BCUT2D eigenvalue weighted by atomic mass is 32.2. The van der Waals surface area contributed by atoms with E-state index in [9.17, 15) is 13.9 Å². The average molecular weight is 412 g/mol. The van der Waals surface area contributed by atoms with Crippen molar-refractivity contribution in [3.63, 3.8) is 0 Å². The largest absolute Gasteiger partial charge is 0.394 e. The number of hydrogen-bond donors (Lipinski definition) is 4. The van der Waals surface area contributed by atoms with Crippen LogP contribution in [0.2, 0.25) is 0 Å². The Hall–Kier alpha value is -1.82. The van der Waals surface area contributed by atoms with Crippen LogP contribution in [0.1, 0.15) is 40.2 Å². The van der Waals surface area contributed by atoms with Gasteiger partial charge in [-0.05, 0) is 26.2 Å². The van der Waals surface area contributed by atoms with Crippen LogP contribution in [0.3, 0.4) is 0 Å². The van der Waals surface area contributed by atoms with Crippen LogP contribution in [0.5, 0.6) is 0 Å². The van der Waals surface area contributed by atoms with Crippen molar-refractivity contribution < 1.29 is 13.9 Å². The van der Waals surface area contributed by atoms with Crippen molar-refractivity contribution in [3.05, 3.63) is 6.33 Å². The van der Waals surface area contributed by atoms with Gasteiger partial charge < -0.3 is 20.3 Å². The van der Waals surface area contributed by atoms with Crippen molar-refractivity contribution >= 4 is 34.2 Å². The molecule has 0 radical (unpaired) electrons. The van der Waals surface area contributed by atoms with Gasteiger partial charge in [-0.25, -0.2) is 9.19 Å². The molecule has 0 aromatic carbocycles. The van der Waals surface area contributed by atoms with Gasteiger partial charge in [0.2, 0.25) is 17.2 Å². The second-order valence-electron chi connectivity index (χ2n) is 7.74. The molecule has 3 rings (SSSR count). The van der Waals surface area contributed by atoms with Crippen molar-refractivity contribution in [2.75, 3.05) is 30.3 Å². The number of aromatic nitrogens is 4. The van der Waals surface area contributed by atoms with Crippen molar-refractivity contribution in [3.8, 4) is 0 Å². The predicted molar refractivity (Wildman–Crippen MR) is 109 cm³/mol. The molecule has 156 valence electrons. The van der Waals surface area contributed by atoms with E-state index in [-0.39, 0.29) is 30.7 Å². The molecule has 0 aliphatic carbocycles. The van der Waals surface area contributed by atoms with E-state index in [2.05, 4.69) is 39.4 Å². The minimum atomic E-state index is -1.97. The van der Waals surface area contributed by atoms with Gasteiger partial charge in [-0.1, -0.05) is 13.8 Å². The van der Waals surface area contributed by atoms with E-state index in [0.717, 1.165) is 6.42 Å². The first kappa shape index (κ1) is 20.9. The predicted octanol–water partition coefficient (Wildman–Crippen LogP) is 1.46. The summed E-state index contributed by atoms with van der Waals surface area (Å²) < 4.78 is 24.1.